The van der Waals surface area contributed by atoms with Gasteiger partial charge in [-0.1, -0.05) is 6.07 Å². The van der Waals surface area contributed by atoms with E-state index in [1.165, 1.54) is 17.7 Å². The quantitative estimate of drug-likeness (QED) is 0.739. The third-order valence-corrected chi connectivity index (χ3v) is 3.72. The molecule has 0 bridgehead atoms. The second-order valence-corrected chi connectivity index (χ2v) is 4.65. The van der Waals surface area contributed by atoms with Gasteiger partial charge in [0.05, 0.1) is 0 Å². The zero-order valence-corrected chi connectivity index (χ0v) is 8.42. The zero-order chi connectivity index (χ0) is 8.44. The summed E-state index contributed by atoms with van der Waals surface area (Å²) in [5.41, 5.74) is 0.283. The van der Waals surface area contributed by atoms with Crippen molar-refractivity contribution in [2.45, 2.75) is 24.9 Å². The van der Waals surface area contributed by atoms with Crippen LogP contribution in [0.3, 0.4) is 0 Å². The van der Waals surface area contributed by atoms with Gasteiger partial charge in [0.15, 0.2) is 0 Å². The predicted octanol–water partition coefficient (Wildman–Crippen LogP) is 2.61. The molecule has 1 heterocycles. The van der Waals surface area contributed by atoms with Crippen LogP contribution < -0.4 is 5.32 Å². The van der Waals surface area contributed by atoms with Crippen LogP contribution in [-0.4, -0.2) is 11.4 Å². The maximum absolute atomic E-state index is 5.84. The molecule has 1 aromatic heterocycles. The van der Waals surface area contributed by atoms with Crippen LogP contribution in [-0.2, 0) is 6.54 Å². The molecule has 1 aliphatic carbocycles. The van der Waals surface area contributed by atoms with E-state index in [9.17, 15) is 0 Å². The van der Waals surface area contributed by atoms with Crippen molar-refractivity contribution in [2.24, 2.45) is 0 Å². The van der Waals surface area contributed by atoms with Gasteiger partial charge in [-0.25, -0.2) is 0 Å². The Bertz CT molecular complexity index is 241. The SMILES string of the molecule is ClCC1(NCc2cccs2)CC1. The number of nitrogens with one attached hydrogen (secondary N) is 1. The molecule has 1 fully saturated rings. The Morgan fingerprint density at radius 3 is 2.92 bits per heavy atom. The van der Waals surface area contributed by atoms with E-state index < -0.39 is 0 Å². The van der Waals surface area contributed by atoms with E-state index in [1.807, 2.05) is 0 Å². The normalized spacial score (nSPS) is 19.4. The Balaban J connectivity index is 1.83. The van der Waals surface area contributed by atoms with Crippen molar-refractivity contribution in [1.82, 2.24) is 5.32 Å². The third-order valence-electron chi connectivity index (χ3n) is 2.33. The van der Waals surface area contributed by atoms with E-state index in [2.05, 4.69) is 22.8 Å². The fourth-order valence-corrected chi connectivity index (χ4v) is 2.20. The number of hydrogen-bond acceptors (Lipinski definition) is 2. The van der Waals surface area contributed by atoms with Crippen molar-refractivity contribution in [3.63, 3.8) is 0 Å². The Morgan fingerprint density at radius 2 is 2.42 bits per heavy atom. The summed E-state index contributed by atoms with van der Waals surface area (Å²) < 4.78 is 0. The van der Waals surface area contributed by atoms with Crippen molar-refractivity contribution in [1.29, 1.82) is 0 Å². The van der Waals surface area contributed by atoms with Gasteiger partial charge < -0.3 is 5.32 Å². The van der Waals surface area contributed by atoms with E-state index in [-0.39, 0.29) is 5.54 Å². The molecule has 0 saturated heterocycles. The fourth-order valence-electron chi connectivity index (χ4n) is 1.20. The number of hydrogen-bond donors (Lipinski definition) is 1. The van der Waals surface area contributed by atoms with Crippen LogP contribution in [0.2, 0.25) is 0 Å². The van der Waals surface area contributed by atoms with Gasteiger partial charge in [-0.2, -0.15) is 0 Å². The highest BCUT2D eigenvalue weighted by molar-refractivity contribution is 7.09. The van der Waals surface area contributed by atoms with Crippen LogP contribution in [0.25, 0.3) is 0 Å². The molecule has 1 aliphatic rings. The van der Waals surface area contributed by atoms with Gasteiger partial charge in [-0.05, 0) is 24.3 Å². The van der Waals surface area contributed by atoms with E-state index in [0.717, 1.165) is 12.4 Å². The molecule has 66 valence electrons. The number of halogens is 1. The van der Waals surface area contributed by atoms with Gasteiger partial charge in [-0.15, -0.1) is 22.9 Å². The van der Waals surface area contributed by atoms with Crippen molar-refractivity contribution >= 4 is 22.9 Å². The summed E-state index contributed by atoms with van der Waals surface area (Å²) in [6, 6.07) is 4.24. The summed E-state index contributed by atoms with van der Waals surface area (Å²) in [5, 5.41) is 5.61. The first-order valence-electron chi connectivity index (χ1n) is 4.18. The molecule has 0 spiro atoms. The lowest BCUT2D eigenvalue weighted by Crippen LogP contribution is -2.31. The lowest BCUT2D eigenvalue weighted by molar-refractivity contribution is 0.546. The molecular weight excluding hydrogens is 190 g/mol. The summed E-state index contributed by atoms with van der Waals surface area (Å²) in [6.07, 6.45) is 2.48. The minimum atomic E-state index is 0.283. The zero-order valence-electron chi connectivity index (χ0n) is 6.85. The maximum atomic E-state index is 5.84. The summed E-state index contributed by atoms with van der Waals surface area (Å²) in [5.74, 6) is 0.748. The predicted molar refractivity (Wildman–Crippen MR) is 53.8 cm³/mol. The molecule has 0 aromatic carbocycles. The molecule has 0 atom stereocenters. The van der Waals surface area contributed by atoms with Crippen LogP contribution in [0.15, 0.2) is 17.5 Å². The van der Waals surface area contributed by atoms with Gasteiger partial charge in [0, 0.05) is 22.8 Å². The minimum absolute atomic E-state index is 0.283. The fraction of sp³-hybridized carbons (Fsp3) is 0.556. The highest BCUT2D eigenvalue weighted by atomic mass is 35.5. The van der Waals surface area contributed by atoms with Crippen molar-refractivity contribution in [3.05, 3.63) is 22.4 Å². The highest BCUT2D eigenvalue weighted by Gasteiger charge is 2.40. The second kappa shape index (κ2) is 3.36. The van der Waals surface area contributed by atoms with Crippen LogP contribution in [0.1, 0.15) is 17.7 Å². The monoisotopic (exact) mass is 201 g/mol. The van der Waals surface area contributed by atoms with E-state index in [0.29, 0.717) is 0 Å². The molecule has 0 unspecified atom stereocenters. The molecule has 0 radical (unpaired) electrons. The second-order valence-electron chi connectivity index (χ2n) is 3.35. The first-order valence-corrected chi connectivity index (χ1v) is 5.59. The number of rotatable bonds is 4. The standard InChI is InChI=1S/C9H12ClNS/c10-7-9(3-4-9)11-6-8-2-1-5-12-8/h1-2,5,11H,3-4,6-7H2. The van der Waals surface area contributed by atoms with Crippen LogP contribution >= 0.6 is 22.9 Å². The van der Waals surface area contributed by atoms with E-state index in [4.69, 9.17) is 11.6 Å². The largest absolute Gasteiger partial charge is 0.305 e. The van der Waals surface area contributed by atoms with Crippen LogP contribution in [0.4, 0.5) is 0 Å². The van der Waals surface area contributed by atoms with Gasteiger partial charge in [-0.3, -0.25) is 0 Å². The van der Waals surface area contributed by atoms with Gasteiger partial charge >= 0.3 is 0 Å². The average Bonchev–Trinajstić information content (AvgIpc) is 2.70. The van der Waals surface area contributed by atoms with E-state index in [1.54, 1.807) is 11.3 Å². The van der Waals surface area contributed by atoms with Gasteiger partial charge in [0.25, 0.3) is 0 Å². The molecule has 1 aromatic rings. The van der Waals surface area contributed by atoms with Crippen molar-refractivity contribution < 1.29 is 0 Å². The third kappa shape index (κ3) is 1.82. The molecule has 0 aliphatic heterocycles. The van der Waals surface area contributed by atoms with Crippen LogP contribution in [0.5, 0.6) is 0 Å². The van der Waals surface area contributed by atoms with Crippen molar-refractivity contribution in [2.75, 3.05) is 5.88 Å². The smallest absolute Gasteiger partial charge is 0.0406 e. The maximum Gasteiger partial charge on any atom is 0.0406 e. The number of alkyl halides is 1. The Hall–Kier alpha value is -0.0500. The first-order chi connectivity index (χ1) is 5.85. The molecule has 3 heteroatoms. The molecule has 0 amide bonds. The molecule has 1 saturated carbocycles. The summed E-state index contributed by atoms with van der Waals surface area (Å²) >= 11 is 7.63. The Labute approximate surface area is 81.7 Å². The summed E-state index contributed by atoms with van der Waals surface area (Å²) in [4.78, 5) is 1.39. The van der Waals surface area contributed by atoms with Gasteiger partial charge in [0.2, 0.25) is 0 Å². The summed E-state index contributed by atoms with van der Waals surface area (Å²) in [7, 11) is 0. The highest BCUT2D eigenvalue weighted by Crippen LogP contribution is 2.36. The molecule has 1 N–H and O–H groups in total. The first kappa shape index (κ1) is 8.54. The number of thiophene rings is 1. The Kier molecular flexibility index (Phi) is 2.40. The molecular formula is C9H12ClNS. The molecule has 12 heavy (non-hydrogen) atoms. The average molecular weight is 202 g/mol. The van der Waals surface area contributed by atoms with Gasteiger partial charge in [0.1, 0.15) is 0 Å². The topological polar surface area (TPSA) is 12.0 Å². The lowest BCUT2D eigenvalue weighted by Gasteiger charge is -2.12. The molecule has 2 rings (SSSR count). The van der Waals surface area contributed by atoms with Crippen molar-refractivity contribution in [3.8, 4) is 0 Å². The Morgan fingerprint density at radius 1 is 1.58 bits per heavy atom. The molecule has 1 nitrogen and oxygen atoms in total. The summed E-state index contributed by atoms with van der Waals surface area (Å²) in [6.45, 7) is 0.977. The van der Waals surface area contributed by atoms with Crippen LogP contribution in [0, 0.1) is 0 Å². The lowest BCUT2D eigenvalue weighted by atomic mass is 10.3. The minimum Gasteiger partial charge on any atom is -0.305 e. The van der Waals surface area contributed by atoms with E-state index >= 15 is 0 Å².